The number of aryl methyl sites for hydroxylation is 1. The minimum atomic E-state index is -3.71. The summed E-state index contributed by atoms with van der Waals surface area (Å²) in [5.74, 6) is -0.0333. The number of nitrogens with zero attached hydrogens (tertiary/aromatic N) is 2. The van der Waals surface area contributed by atoms with Gasteiger partial charge in [0.15, 0.2) is 5.58 Å². The topological polar surface area (TPSA) is 110 Å². The third kappa shape index (κ3) is 2.48. The molecule has 1 aromatic carbocycles. The molecule has 0 aliphatic rings. The maximum absolute atomic E-state index is 12.2. The molecule has 0 fully saturated rings. The van der Waals surface area contributed by atoms with E-state index >= 15 is 0 Å². The Bertz CT molecular complexity index is 937. The monoisotopic (exact) mass is 308 g/mol. The number of H-pyrrole nitrogens is 1. The number of imidazole rings is 1. The zero-order valence-electron chi connectivity index (χ0n) is 11.0. The summed E-state index contributed by atoms with van der Waals surface area (Å²) in [6, 6.07) is 4.27. The quantitative estimate of drug-likeness (QED) is 0.722. The van der Waals surface area contributed by atoms with Crippen molar-refractivity contribution in [1.82, 2.24) is 19.3 Å². The SMILES string of the molecule is Cn1c(=O)oc2cc(S(=O)(=O)NCc3ncc[nH]3)ccc21. The van der Waals surface area contributed by atoms with Gasteiger partial charge in [-0.3, -0.25) is 4.57 Å². The number of aromatic amines is 1. The van der Waals surface area contributed by atoms with Gasteiger partial charge >= 0.3 is 5.76 Å². The fraction of sp³-hybridized carbons (Fsp3) is 0.167. The molecule has 0 saturated heterocycles. The van der Waals surface area contributed by atoms with Crippen molar-refractivity contribution in [1.29, 1.82) is 0 Å². The molecule has 3 aromatic rings. The highest BCUT2D eigenvalue weighted by molar-refractivity contribution is 7.89. The van der Waals surface area contributed by atoms with Gasteiger partial charge in [-0.25, -0.2) is 22.9 Å². The van der Waals surface area contributed by atoms with Crippen molar-refractivity contribution in [3.63, 3.8) is 0 Å². The Kier molecular flexibility index (Phi) is 3.15. The number of oxazole rings is 1. The lowest BCUT2D eigenvalue weighted by Gasteiger charge is -2.05. The van der Waals surface area contributed by atoms with Crippen molar-refractivity contribution in [3.8, 4) is 0 Å². The maximum atomic E-state index is 12.2. The molecule has 0 atom stereocenters. The van der Waals surface area contributed by atoms with Gasteiger partial charge in [0.05, 0.1) is 17.0 Å². The third-order valence-corrected chi connectivity index (χ3v) is 4.46. The van der Waals surface area contributed by atoms with Crippen LogP contribution in [0.15, 0.2) is 44.7 Å². The number of sulfonamides is 1. The number of nitrogens with one attached hydrogen (secondary N) is 2. The molecular weight excluding hydrogens is 296 g/mol. The van der Waals surface area contributed by atoms with E-state index in [1.807, 2.05) is 0 Å². The summed E-state index contributed by atoms with van der Waals surface area (Å²) in [7, 11) is -2.16. The molecule has 0 bridgehead atoms. The summed E-state index contributed by atoms with van der Waals surface area (Å²) < 4.78 is 33.1. The minimum absolute atomic E-state index is 0.0240. The van der Waals surface area contributed by atoms with Crippen LogP contribution in [-0.2, 0) is 23.6 Å². The zero-order valence-corrected chi connectivity index (χ0v) is 11.8. The molecule has 2 aromatic heterocycles. The van der Waals surface area contributed by atoms with Gasteiger partial charge in [0.2, 0.25) is 10.0 Å². The summed E-state index contributed by atoms with van der Waals surface area (Å²) in [6.45, 7) is 0.0477. The zero-order chi connectivity index (χ0) is 15.0. The predicted molar refractivity (Wildman–Crippen MR) is 74.1 cm³/mol. The van der Waals surface area contributed by atoms with E-state index in [2.05, 4.69) is 14.7 Å². The van der Waals surface area contributed by atoms with Gasteiger partial charge in [0.1, 0.15) is 5.82 Å². The number of fused-ring (bicyclic) bond motifs is 1. The Balaban J connectivity index is 1.93. The van der Waals surface area contributed by atoms with Gasteiger partial charge in [0.25, 0.3) is 0 Å². The van der Waals surface area contributed by atoms with E-state index in [4.69, 9.17) is 4.42 Å². The number of rotatable bonds is 4. The standard InChI is InChI=1S/C12H12N4O4S/c1-16-9-3-2-8(6-10(9)20-12(16)17)21(18,19)15-7-11-13-4-5-14-11/h2-6,15H,7H2,1H3,(H,13,14). The van der Waals surface area contributed by atoms with Gasteiger partial charge in [-0.1, -0.05) is 0 Å². The summed E-state index contributed by atoms with van der Waals surface area (Å²) >= 11 is 0. The molecule has 8 nitrogen and oxygen atoms in total. The molecule has 0 aliphatic heterocycles. The minimum Gasteiger partial charge on any atom is -0.408 e. The Morgan fingerprint density at radius 2 is 2.24 bits per heavy atom. The van der Waals surface area contributed by atoms with E-state index in [9.17, 15) is 13.2 Å². The molecule has 0 spiro atoms. The average molecular weight is 308 g/mol. The number of hydrogen-bond donors (Lipinski definition) is 2. The van der Waals surface area contributed by atoms with Crippen LogP contribution in [0.5, 0.6) is 0 Å². The molecule has 110 valence electrons. The molecule has 2 heterocycles. The van der Waals surface area contributed by atoms with E-state index in [0.29, 0.717) is 11.3 Å². The first-order valence-electron chi connectivity index (χ1n) is 6.05. The number of aromatic nitrogens is 3. The molecule has 2 N–H and O–H groups in total. The Labute approximate surface area is 119 Å². The molecular formula is C12H12N4O4S. The molecule has 3 rings (SSSR count). The highest BCUT2D eigenvalue weighted by Crippen LogP contribution is 2.17. The first kappa shape index (κ1) is 13.6. The Morgan fingerprint density at radius 3 is 2.95 bits per heavy atom. The molecule has 0 radical (unpaired) electrons. The van der Waals surface area contributed by atoms with Crippen molar-refractivity contribution in [2.24, 2.45) is 7.05 Å². The van der Waals surface area contributed by atoms with Crippen LogP contribution in [0.3, 0.4) is 0 Å². The Hall–Kier alpha value is -2.39. The summed E-state index contributed by atoms with van der Waals surface area (Å²) in [5.41, 5.74) is 0.758. The highest BCUT2D eigenvalue weighted by atomic mass is 32.2. The molecule has 21 heavy (non-hydrogen) atoms. The first-order chi connectivity index (χ1) is 9.97. The van der Waals surface area contributed by atoms with Crippen molar-refractivity contribution in [3.05, 3.63) is 47.0 Å². The number of benzene rings is 1. The first-order valence-corrected chi connectivity index (χ1v) is 7.53. The maximum Gasteiger partial charge on any atom is 0.419 e. The van der Waals surface area contributed by atoms with E-state index in [0.717, 1.165) is 0 Å². The van der Waals surface area contributed by atoms with Gasteiger partial charge in [-0.2, -0.15) is 0 Å². The average Bonchev–Trinajstić information content (AvgIpc) is 3.06. The van der Waals surface area contributed by atoms with Crippen LogP contribution in [-0.4, -0.2) is 23.0 Å². The normalized spacial score (nSPS) is 12.0. The van der Waals surface area contributed by atoms with Gasteiger partial charge < -0.3 is 9.40 Å². The van der Waals surface area contributed by atoms with Crippen LogP contribution in [0.4, 0.5) is 0 Å². The van der Waals surface area contributed by atoms with Crippen LogP contribution in [0.1, 0.15) is 5.82 Å². The molecule has 0 unspecified atom stereocenters. The van der Waals surface area contributed by atoms with Crippen molar-refractivity contribution >= 4 is 21.1 Å². The predicted octanol–water partition coefficient (Wildman–Crippen LogP) is 0.333. The summed E-state index contributed by atoms with van der Waals surface area (Å²) in [5, 5.41) is 0. The fourth-order valence-corrected chi connectivity index (χ4v) is 2.93. The van der Waals surface area contributed by atoms with E-state index in [-0.39, 0.29) is 17.0 Å². The lowest BCUT2D eigenvalue weighted by atomic mass is 10.3. The second kappa shape index (κ2) is 4.86. The van der Waals surface area contributed by atoms with Gasteiger partial charge in [-0.15, -0.1) is 0 Å². The van der Waals surface area contributed by atoms with Crippen LogP contribution in [0, 0.1) is 0 Å². The van der Waals surface area contributed by atoms with Crippen molar-refractivity contribution < 1.29 is 12.8 Å². The lowest BCUT2D eigenvalue weighted by molar-refractivity contribution is 0.527. The van der Waals surface area contributed by atoms with Crippen LogP contribution in [0.2, 0.25) is 0 Å². The molecule has 9 heteroatoms. The van der Waals surface area contributed by atoms with Gasteiger partial charge in [-0.05, 0) is 12.1 Å². The summed E-state index contributed by atoms with van der Waals surface area (Å²) in [4.78, 5) is 18.2. The molecule has 0 aliphatic carbocycles. The molecule has 0 amide bonds. The second-order valence-electron chi connectivity index (χ2n) is 4.42. The number of hydrogen-bond acceptors (Lipinski definition) is 5. The van der Waals surface area contributed by atoms with E-state index < -0.39 is 15.8 Å². The van der Waals surface area contributed by atoms with E-state index in [1.54, 1.807) is 13.2 Å². The fourth-order valence-electron chi connectivity index (χ4n) is 1.92. The van der Waals surface area contributed by atoms with Crippen molar-refractivity contribution in [2.45, 2.75) is 11.4 Å². The summed E-state index contributed by atoms with van der Waals surface area (Å²) in [6.07, 6.45) is 3.14. The van der Waals surface area contributed by atoms with Gasteiger partial charge in [0, 0.05) is 25.5 Å². The largest absolute Gasteiger partial charge is 0.419 e. The van der Waals surface area contributed by atoms with Crippen LogP contribution >= 0.6 is 0 Å². The highest BCUT2D eigenvalue weighted by Gasteiger charge is 2.17. The van der Waals surface area contributed by atoms with Crippen LogP contribution in [0.25, 0.3) is 11.1 Å². The lowest BCUT2D eigenvalue weighted by Crippen LogP contribution is -2.23. The van der Waals surface area contributed by atoms with E-state index in [1.165, 1.54) is 29.0 Å². The molecule has 0 saturated carbocycles. The third-order valence-electron chi connectivity index (χ3n) is 3.06. The van der Waals surface area contributed by atoms with Crippen molar-refractivity contribution in [2.75, 3.05) is 0 Å². The smallest absolute Gasteiger partial charge is 0.408 e. The van der Waals surface area contributed by atoms with Crippen LogP contribution < -0.4 is 10.5 Å². The second-order valence-corrected chi connectivity index (χ2v) is 6.18. The Morgan fingerprint density at radius 1 is 1.43 bits per heavy atom.